The summed E-state index contributed by atoms with van der Waals surface area (Å²) < 4.78 is 5.63. The third-order valence-electron chi connectivity index (χ3n) is 3.65. The molecule has 1 aromatic carbocycles. The first kappa shape index (κ1) is 13.2. The van der Waals surface area contributed by atoms with Crippen LogP contribution in [-0.4, -0.2) is 7.05 Å². The van der Waals surface area contributed by atoms with Gasteiger partial charge in [-0.3, -0.25) is 0 Å². The SMILES string of the molecule is CCCC(C)CC(NC)c1coc2ccccc12. The minimum absolute atomic E-state index is 0.384. The molecule has 1 aromatic heterocycles. The molecule has 0 aliphatic carbocycles. The quantitative estimate of drug-likeness (QED) is 0.809. The van der Waals surface area contributed by atoms with Crippen LogP contribution in [0.3, 0.4) is 0 Å². The summed E-state index contributed by atoms with van der Waals surface area (Å²) in [5.74, 6) is 0.737. The molecule has 0 bridgehead atoms. The molecule has 2 unspecified atom stereocenters. The van der Waals surface area contributed by atoms with Crippen molar-refractivity contribution in [3.63, 3.8) is 0 Å². The summed E-state index contributed by atoms with van der Waals surface area (Å²) in [6.45, 7) is 4.58. The normalized spacial score (nSPS) is 14.8. The average molecular weight is 245 g/mol. The van der Waals surface area contributed by atoms with Gasteiger partial charge in [-0.25, -0.2) is 0 Å². The molecule has 0 saturated carbocycles. The Morgan fingerprint density at radius 3 is 2.78 bits per heavy atom. The van der Waals surface area contributed by atoms with Crippen LogP contribution in [0.4, 0.5) is 0 Å². The molecule has 0 amide bonds. The van der Waals surface area contributed by atoms with E-state index in [2.05, 4.69) is 31.3 Å². The van der Waals surface area contributed by atoms with Gasteiger partial charge in [0, 0.05) is 17.0 Å². The van der Waals surface area contributed by atoms with Gasteiger partial charge in [-0.15, -0.1) is 0 Å². The first-order valence-corrected chi connectivity index (χ1v) is 6.89. The van der Waals surface area contributed by atoms with Crippen molar-refractivity contribution in [1.29, 1.82) is 0 Å². The number of hydrogen-bond donors (Lipinski definition) is 1. The third-order valence-corrected chi connectivity index (χ3v) is 3.65. The van der Waals surface area contributed by atoms with Crippen LogP contribution in [-0.2, 0) is 0 Å². The zero-order valence-corrected chi connectivity index (χ0v) is 11.6. The summed E-state index contributed by atoms with van der Waals surface area (Å²) in [5, 5.41) is 4.66. The highest BCUT2D eigenvalue weighted by atomic mass is 16.3. The van der Waals surface area contributed by atoms with Gasteiger partial charge in [0.2, 0.25) is 0 Å². The lowest BCUT2D eigenvalue weighted by atomic mass is 9.93. The van der Waals surface area contributed by atoms with Crippen LogP contribution in [0.5, 0.6) is 0 Å². The van der Waals surface area contributed by atoms with Crippen molar-refractivity contribution in [3.05, 3.63) is 36.1 Å². The van der Waals surface area contributed by atoms with Crippen LogP contribution < -0.4 is 5.32 Å². The van der Waals surface area contributed by atoms with Crippen molar-refractivity contribution < 1.29 is 4.42 Å². The molecule has 0 aliphatic rings. The van der Waals surface area contributed by atoms with Gasteiger partial charge in [0.25, 0.3) is 0 Å². The van der Waals surface area contributed by atoms with Gasteiger partial charge in [0.1, 0.15) is 5.58 Å². The topological polar surface area (TPSA) is 25.2 Å². The van der Waals surface area contributed by atoms with E-state index in [4.69, 9.17) is 4.42 Å². The zero-order chi connectivity index (χ0) is 13.0. The highest BCUT2D eigenvalue weighted by Crippen LogP contribution is 2.30. The molecular formula is C16H23NO. The van der Waals surface area contributed by atoms with Crippen molar-refractivity contribution in [3.8, 4) is 0 Å². The number of para-hydroxylation sites is 1. The maximum Gasteiger partial charge on any atom is 0.134 e. The maximum absolute atomic E-state index is 5.63. The Balaban J connectivity index is 2.21. The monoisotopic (exact) mass is 245 g/mol. The van der Waals surface area contributed by atoms with Gasteiger partial charge in [0.05, 0.1) is 6.26 Å². The van der Waals surface area contributed by atoms with Gasteiger partial charge >= 0.3 is 0 Å². The van der Waals surface area contributed by atoms with Crippen LogP contribution in [0.15, 0.2) is 34.9 Å². The zero-order valence-electron chi connectivity index (χ0n) is 11.6. The Bertz CT molecular complexity index is 489. The number of fused-ring (bicyclic) bond motifs is 1. The lowest BCUT2D eigenvalue weighted by molar-refractivity contribution is 0.405. The van der Waals surface area contributed by atoms with Crippen molar-refractivity contribution >= 4 is 11.0 Å². The standard InChI is InChI=1S/C16H23NO/c1-4-7-12(2)10-15(17-3)14-11-18-16-9-6-5-8-13(14)16/h5-6,8-9,11-12,15,17H,4,7,10H2,1-3H3. The molecule has 1 heterocycles. The van der Waals surface area contributed by atoms with E-state index >= 15 is 0 Å². The highest BCUT2D eigenvalue weighted by Gasteiger charge is 2.17. The molecule has 1 N–H and O–H groups in total. The lowest BCUT2D eigenvalue weighted by Crippen LogP contribution is -2.18. The van der Waals surface area contributed by atoms with E-state index in [9.17, 15) is 0 Å². The Labute approximate surface area is 109 Å². The number of hydrogen-bond acceptors (Lipinski definition) is 2. The first-order valence-electron chi connectivity index (χ1n) is 6.89. The van der Waals surface area contributed by atoms with Gasteiger partial charge in [-0.05, 0) is 25.5 Å². The van der Waals surface area contributed by atoms with Crippen LogP contribution in [0, 0.1) is 5.92 Å². The Morgan fingerprint density at radius 1 is 1.28 bits per heavy atom. The van der Waals surface area contributed by atoms with Gasteiger partial charge in [-0.2, -0.15) is 0 Å². The number of nitrogens with one attached hydrogen (secondary N) is 1. The minimum Gasteiger partial charge on any atom is -0.464 e. The number of furan rings is 1. The number of benzene rings is 1. The lowest BCUT2D eigenvalue weighted by Gasteiger charge is -2.19. The Kier molecular flexibility index (Phi) is 4.43. The summed E-state index contributed by atoms with van der Waals surface area (Å²) >= 11 is 0. The first-order chi connectivity index (χ1) is 8.76. The van der Waals surface area contributed by atoms with E-state index in [1.165, 1.54) is 23.8 Å². The van der Waals surface area contributed by atoms with E-state index in [1.807, 2.05) is 25.4 Å². The molecular weight excluding hydrogens is 222 g/mol. The molecule has 0 radical (unpaired) electrons. The molecule has 0 aliphatic heterocycles. The summed E-state index contributed by atoms with van der Waals surface area (Å²) in [7, 11) is 2.03. The smallest absolute Gasteiger partial charge is 0.134 e. The molecule has 0 saturated heterocycles. The summed E-state index contributed by atoms with van der Waals surface area (Å²) in [6.07, 6.45) is 5.61. The van der Waals surface area contributed by atoms with Gasteiger partial charge < -0.3 is 9.73 Å². The fourth-order valence-electron chi connectivity index (χ4n) is 2.68. The third kappa shape index (κ3) is 2.75. The fourth-order valence-corrected chi connectivity index (χ4v) is 2.68. The van der Waals surface area contributed by atoms with Crippen LogP contribution in [0.25, 0.3) is 11.0 Å². The second-order valence-corrected chi connectivity index (χ2v) is 5.16. The number of rotatable bonds is 6. The van der Waals surface area contributed by atoms with E-state index < -0.39 is 0 Å². The molecule has 2 atom stereocenters. The van der Waals surface area contributed by atoms with E-state index in [1.54, 1.807) is 0 Å². The molecule has 2 nitrogen and oxygen atoms in total. The van der Waals surface area contributed by atoms with Crippen LogP contribution in [0.1, 0.15) is 44.7 Å². The second-order valence-electron chi connectivity index (χ2n) is 5.16. The summed E-state index contributed by atoms with van der Waals surface area (Å²) in [6, 6.07) is 8.65. The molecule has 2 rings (SSSR count). The molecule has 2 aromatic rings. The molecule has 2 heteroatoms. The molecule has 18 heavy (non-hydrogen) atoms. The van der Waals surface area contributed by atoms with Crippen molar-refractivity contribution in [2.45, 2.75) is 39.2 Å². The van der Waals surface area contributed by atoms with E-state index in [0.717, 1.165) is 17.9 Å². The van der Waals surface area contributed by atoms with E-state index in [0.29, 0.717) is 6.04 Å². The summed E-state index contributed by atoms with van der Waals surface area (Å²) in [5.41, 5.74) is 2.27. The molecule has 0 spiro atoms. The van der Waals surface area contributed by atoms with Crippen molar-refractivity contribution in [2.24, 2.45) is 5.92 Å². The van der Waals surface area contributed by atoms with Gasteiger partial charge in [0.15, 0.2) is 0 Å². The maximum atomic E-state index is 5.63. The Hall–Kier alpha value is -1.28. The predicted octanol–water partition coefficient (Wildman–Crippen LogP) is 4.52. The second kappa shape index (κ2) is 6.05. The van der Waals surface area contributed by atoms with Crippen LogP contribution in [0.2, 0.25) is 0 Å². The van der Waals surface area contributed by atoms with Crippen LogP contribution >= 0.6 is 0 Å². The largest absolute Gasteiger partial charge is 0.464 e. The predicted molar refractivity (Wildman–Crippen MR) is 76.7 cm³/mol. The fraction of sp³-hybridized carbons (Fsp3) is 0.500. The average Bonchev–Trinajstić information content (AvgIpc) is 2.80. The highest BCUT2D eigenvalue weighted by molar-refractivity contribution is 5.81. The molecule has 0 fully saturated rings. The Morgan fingerprint density at radius 2 is 2.06 bits per heavy atom. The minimum atomic E-state index is 0.384. The van der Waals surface area contributed by atoms with E-state index in [-0.39, 0.29) is 0 Å². The van der Waals surface area contributed by atoms with Crippen molar-refractivity contribution in [1.82, 2.24) is 5.32 Å². The van der Waals surface area contributed by atoms with Crippen molar-refractivity contribution in [2.75, 3.05) is 7.05 Å². The molecule has 98 valence electrons. The van der Waals surface area contributed by atoms with Gasteiger partial charge in [-0.1, -0.05) is 44.9 Å². The summed E-state index contributed by atoms with van der Waals surface area (Å²) in [4.78, 5) is 0.